The number of ether oxygens (including phenoxy) is 1. The Hall–Kier alpha value is -3.43. The molecule has 4 N–H and O–H groups in total. The Bertz CT molecular complexity index is 911. The van der Waals surface area contributed by atoms with Crippen molar-refractivity contribution < 1.29 is 19.4 Å². The van der Waals surface area contributed by atoms with Crippen molar-refractivity contribution in [2.45, 2.75) is 31.8 Å². The van der Waals surface area contributed by atoms with Crippen LogP contribution in [0.1, 0.15) is 36.0 Å². The van der Waals surface area contributed by atoms with Crippen molar-refractivity contribution >= 4 is 29.2 Å². The molecular formula is C19H22N6O4. The third kappa shape index (κ3) is 3.91. The zero-order valence-corrected chi connectivity index (χ0v) is 15.7. The maximum Gasteiger partial charge on any atom is 0.306 e. The van der Waals surface area contributed by atoms with E-state index in [1.54, 1.807) is 23.2 Å². The summed E-state index contributed by atoms with van der Waals surface area (Å²) in [5, 5.41) is 12.2. The molecule has 1 aliphatic heterocycles. The smallest absolute Gasteiger partial charge is 0.306 e. The van der Waals surface area contributed by atoms with Gasteiger partial charge in [0.1, 0.15) is 29.6 Å². The highest BCUT2D eigenvalue weighted by atomic mass is 16.5. The number of aliphatic carboxylic acids is 1. The molecule has 0 atom stereocenters. The zero-order valence-electron chi connectivity index (χ0n) is 15.7. The van der Waals surface area contributed by atoms with Crippen LogP contribution in [0.15, 0.2) is 24.7 Å². The minimum absolute atomic E-state index is 0.0446. The van der Waals surface area contributed by atoms with Gasteiger partial charge in [0.25, 0.3) is 5.91 Å². The first-order valence-corrected chi connectivity index (χ1v) is 9.54. The van der Waals surface area contributed by atoms with Crippen molar-refractivity contribution in [2.75, 3.05) is 29.0 Å². The van der Waals surface area contributed by atoms with Crippen molar-refractivity contribution in [1.29, 1.82) is 0 Å². The molecule has 0 aromatic carbocycles. The van der Waals surface area contributed by atoms with Gasteiger partial charge in [0.05, 0.1) is 17.8 Å². The lowest BCUT2D eigenvalue weighted by Gasteiger charge is -2.26. The molecule has 10 nitrogen and oxygen atoms in total. The number of anilines is 3. The number of fused-ring (bicyclic) bond motifs is 1. The molecule has 0 spiro atoms. The van der Waals surface area contributed by atoms with Gasteiger partial charge in [-0.15, -0.1) is 0 Å². The number of nitrogens with zero attached hydrogens (tertiary/aromatic N) is 4. The highest BCUT2D eigenvalue weighted by molar-refractivity contribution is 6.12. The van der Waals surface area contributed by atoms with Gasteiger partial charge in [-0.1, -0.05) is 0 Å². The number of rotatable bonds is 4. The van der Waals surface area contributed by atoms with Gasteiger partial charge in [-0.3, -0.25) is 9.59 Å². The lowest BCUT2D eigenvalue weighted by Crippen LogP contribution is -2.33. The number of aromatic nitrogens is 3. The Morgan fingerprint density at radius 3 is 2.69 bits per heavy atom. The zero-order chi connectivity index (χ0) is 20.4. The van der Waals surface area contributed by atoms with E-state index in [1.807, 2.05) is 0 Å². The summed E-state index contributed by atoms with van der Waals surface area (Å²) in [5.41, 5.74) is 6.76. The van der Waals surface area contributed by atoms with E-state index in [9.17, 15) is 9.59 Å². The predicted molar refractivity (Wildman–Crippen MR) is 105 cm³/mol. The molecule has 1 fully saturated rings. The van der Waals surface area contributed by atoms with Gasteiger partial charge in [0.2, 0.25) is 5.88 Å². The third-order valence-electron chi connectivity index (χ3n) is 5.31. The van der Waals surface area contributed by atoms with E-state index in [1.165, 1.54) is 6.33 Å². The van der Waals surface area contributed by atoms with Crippen LogP contribution in [0.5, 0.6) is 5.88 Å². The first-order valence-electron chi connectivity index (χ1n) is 9.54. The number of amides is 1. The summed E-state index contributed by atoms with van der Waals surface area (Å²) < 4.78 is 5.89. The van der Waals surface area contributed by atoms with Crippen molar-refractivity contribution in [2.24, 2.45) is 5.92 Å². The van der Waals surface area contributed by atoms with Gasteiger partial charge in [-0.2, -0.15) is 0 Å². The van der Waals surface area contributed by atoms with Gasteiger partial charge in [-0.25, -0.2) is 15.0 Å². The molecule has 2 aromatic rings. The van der Waals surface area contributed by atoms with Crippen LogP contribution in [0.3, 0.4) is 0 Å². The summed E-state index contributed by atoms with van der Waals surface area (Å²) in [7, 11) is 0. The minimum atomic E-state index is -0.741. The van der Waals surface area contributed by atoms with Gasteiger partial charge >= 0.3 is 5.97 Å². The highest BCUT2D eigenvalue weighted by Crippen LogP contribution is 2.29. The minimum Gasteiger partial charge on any atom is -0.481 e. The number of nitrogen functional groups attached to an aromatic ring is 1. The number of pyridine rings is 1. The average molecular weight is 398 g/mol. The van der Waals surface area contributed by atoms with Crippen LogP contribution in [0, 0.1) is 5.92 Å². The summed E-state index contributed by atoms with van der Waals surface area (Å²) in [5.74, 6) is -0.303. The average Bonchev–Trinajstić information content (AvgIpc) is 2.89. The number of hydrogen-bond acceptors (Lipinski definition) is 8. The largest absolute Gasteiger partial charge is 0.481 e. The Balaban J connectivity index is 1.45. The molecule has 0 radical (unpaired) electrons. The Morgan fingerprint density at radius 1 is 1.21 bits per heavy atom. The second kappa shape index (κ2) is 7.90. The molecule has 1 aliphatic carbocycles. The molecule has 0 bridgehead atoms. The van der Waals surface area contributed by atoms with Crippen molar-refractivity contribution in [3.8, 4) is 5.88 Å². The van der Waals surface area contributed by atoms with Crippen molar-refractivity contribution in [3.05, 3.63) is 30.2 Å². The van der Waals surface area contributed by atoms with Crippen LogP contribution < -0.4 is 20.7 Å². The fourth-order valence-electron chi connectivity index (χ4n) is 3.71. The van der Waals surface area contributed by atoms with Gasteiger partial charge < -0.3 is 25.8 Å². The number of carbonyl (C=O) groups excluding carboxylic acids is 1. The predicted octanol–water partition coefficient (Wildman–Crippen LogP) is 1.55. The molecule has 2 aliphatic rings. The molecule has 0 unspecified atom stereocenters. The number of hydrogen-bond donors (Lipinski definition) is 3. The molecule has 0 saturated heterocycles. The summed E-state index contributed by atoms with van der Waals surface area (Å²) >= 11 is 0. The monoisotopic (exact) mass is 398 g/mol. The van der Waals surface area contributed by atoms with Crippen molar-refractivity contribution in [3.63, 3.8) is 0 Å². The molecule has 152 valence electrons. The van der Waals surface area contributed by atoms with Gasteiger partial charge in [-0.05, 0) is 31.7 Å². The number of nitrogens with two attached hydrogens (primary N) is 1. The summed E-state index contributed by atoms with van der Waals surface area (Å²) in [6.45, 7) is 0.940. The molecular weight excluding hydrogens is 376 g/mol. The normalized spacial score (nSPS) is 21.7. The maximum atomic E-state index is 13.0. The van der Waals surface area contributed by atoms with E-state index >= 15 is 0 Å². The third-order valence-corrected chi connectivity index (χ3v) is 5.31. The second-order valence-electron chi connectivity index (χ2n) is 7.15. The van der Waals surface area contributed by atoms with Gasteiger partial charge in [0, 0.05) is 19.2 Å². The molecule has 1 amide bonds. The maximum absolute atomic E-state index is 13.0. The lowest BCUT2D eigenvalue weighted by atomic mass is 9.87. The molecule has 1 saturated carbocycles. The quantitative estimate of drug-likeness (QED) is 0.698. The van der Waals surface area contributed by atoms with E-state index < -0.39 is 5.97 Å². The fraction of sp³-hybridized carbons (Fsp3) is 0.421. The Morgan fingerprint density at radius 2 is 2.00 bits per heavy atom. The van der Waals surface area contributed by atoms with E-state index in [0.29, 0.717) is 56.2 Å². The fourth-order valence-corrected chi connectivity index (χ4v) is 3.71. The summed E-state index contributed by atoms with van der Waals surface area (Å²) in [6, 6.07) is 3.49. The van der Waals surface area contributed by atoms with Crippen LogP contribution in [-0.4, -0.2) is 51.1 Å². The first-order chi connectivity index (χ1) is 14.0. The molecule has 10 heteroatoms. The van der Waals surface area contributed by atoms with E-state index in [0.717, 1.165) is 0 Å². The number of nitrogens with one attached hydrogen (secondary N) is 1. The topological polar surface area (TPSA) is 144 Å². The first kappa shape index (κ1) is 18.9. The van der Waals surface area contributed by atoms with Gasteiger partial charge in [0.15, 0.2) is 0 Å². The van der Waals surface area contributed by atoms with E-state index in [-0.39, 0.29) is 29.3 Å². The van der Waals surface area contributed by atoms with E-state index in [4.69, 9.17) is 15.6 Å². The number of carboxylic acid groups (broad SMARTS) is 1. The Labute approximate surface area is 167 Å². The van der Waals surface area contributed by atoms with Crippen LogP contribution >= 0.6 is 0 Å². The van der Waals surface area contributed by atoms with E-state index in [2.05, 4.69) is 20.3 Å². The van der Waals surface area contributed by atoms with Crippen LogP contribution in [0.4, 0.5) is 17.3 Å². The molecule has 29 heavy (non-hydrogen) atoms. The molecule has 4 rings (SSSR count). The number of carbonyl (C=O) groups is 2. The molecule has 3 heterocycles. The standard InChI is InChI=1S/C19H22N6O4/c20-16-15-17(24-10-23-16)21-7-8-25(18(15)26)12-3-6-14(22-9-12)29-13-4-1-11(2-5-13)19(27)28/h3,6,9-11,13H,1-2,4-5,7-8H2,(H,27,28)(H3,20,21,23,24). The SMILES string of the molecule is Nc1ncnc2c1C(=O)N(c1ccc(OC3CCC(C(=O)O)CC3)nc1)CCN2. The molecule has 2 aromatic heterocycles. The van der Waals surface area contributed by atoms with Crippen LogP contribution in [0.2, 0.25) is 0 Å². The summed E-state index contributed by atoms with van der Waals surface area (Å²) in [6.07, 6.45) is 5.45. The number of carboxylic acids is 1. The van der Waals surface area contributed by atoms with Crippen LogP contribution in [0.25, 0.3) is 0 Å². The highest BCUT2D eigenvalue weighted by Gasteiger charge is 2.29. The lowest BCUT2D eigenvalue weighted by molar-refractivity contribution is -0.143. The second-order valence-corrected chi connectivity index (χ2v) is 7.15. The van der Waals surface area contributed by atoms with Crippen LogP contribution in [-0.2, 0) is 4.79 Å². The summed E-state index contributed by atoms with van der Waals surface area (Å²) in [4.78, 5) is 37.9. The Kier molecular flexibility index (Phi) is 5.15. The van der Waals surface area contributed by atoms with Crippen molar-refractivity contribution in [1.82, 2.24) is 15.0 Å².